The second-order valence-electron chi connectivity index (χ2n) is 5.05. The number of aliphatic carboxylic acids is 1. The molecule has 1 amide bonds. The molecule has 0 radical (unpaired) electrons. The number of carbonyl (C=O) groups is 2. The fourth-order valence-electron chi connectivity index (χ4n) is 2.09. The fraction of sp³-hybridized carbons (Fsp3) is 0.429. The Morgan fingerprint density at radius 3 is 2.45 bits per heavy atom. The van der Waals surface area contributed by atoms with Gasteiger partial charge in [0, 0.05) is 12.3 Å². The number of carboxylic acid groups (broad SMARTS) is 1. The lowest BCUT2D eigenvalue weighted by molar-refractivity contribution is -0.143. The van der Waals surface area contributed by atoms with Crippen LogP contribution >= 0.6 is 0 Å². The Bertz CT molecular complexity index is 524. The average Bonchev–Trinajstić information content (AvgIpc) is 2.30. The van der Waals surface area contributed by atoms with Gasteiger partial charge < -0.3 is 20.6 Å². The summed E-state index contributed by atoms with van der Waals surface area (Å²) in [7, 11) is 0. The SMILES string of the molecule is O=C(N[C@@H](Cc1ccc(O)c(O)c1)C(=O)O)C1CCC1. The number of rotatable bonds is 5. The number of phenols is 2. The molecule has 1 saturated carbocycles. The van der Waals surface area contributed by atoms with E-state index in [2.05, 4.69) is 5.32 Å². The Morgan fingerprint density at radius 2 is 1.95 bits per heavy atom. The van der Waals surface area contributed by atoms with Gasteiger partial charge in [0.2, 0.25) is 5.91 Å². The number of carboxylic acids is 1. The molecule has 0 saturated heterocycles. The molecule has 1 aliphatic rings. The van der Waals surface area contributed by atoms with E-state index in [4.69, 9.17) is 5.11 Å². The maximum absolute atomic E-state index is 11.8. The van der Waals surface area contributed by atoms with Crippen LogP contribution in [0.5, 0.6) is 11.5 Å². The zero-order valence-corrected chi connectivity index (χ0v) is 10.9. The predicted molar refractivity (Wildman–Crippen MR) is 70.4 cm³/mol. The largest absolute Gasteiger partial charge is 0.504 e. The number of nitrogens with one attached hydrogen (secondary N) is 1. The molecular formula is C14H17NO5. The third-order valence-corrected chi connectivity index (χ3v) is 3.57. The molecule has 6 nitrogen and oxygen atoms in total. The third-order valence-electron chi connectivity index (χ3n) is 3.57. The minimum absolute atomic E-state index is 0.0572. The van der Waals surface area contributed by atoms with Gasteiger partial charge in [-0.15, -0.1) is 0 Å². The van der Waals surface area contributed by atoms with Crippen LogP contribution in [0.2, 0.25) is 0 Å². The first-order chi connectivity index (χ1) is 9.47. The molecule has 20 heavy (non-hydrogen) atoms. The van der Waals surface area contributed by atoms with Gasteiger partial charge in [-0.05, 0) is 30.5 Å². The molecule has 0 spiro atoms. The highest BCUT2D eigenvalue weighted by Crippen LogP contribution is 2.27. The zero-order valence-electron chi connectivity index (χ0n) is 10.9. The molecule has 1 aliphatic carbocycles. The fourth-order valence-corrected chi connectivity index (χ4v) is 2.09. The lowest BCUT2D eigenvalue weighted by Gasteiger charge is -2.26. The molecule has 4 N–H and O–H groups in total. The highest BCUT2D eigenvalue weighted by atomic mass is 16.4. The van der Waals surface area contributed by atoms with Crippen molar-refractivity contribution in [1.29, 1.82) is 0 Å². The number of hydrogen-bond donors (Lipinski definition) is 4. The van der Waals surface area contributed by atoms with E-state index < -0.39 is 12.0 Å². The molecule has 6 heteroatoms. The lowest BCUT2D eigenvalue weighted by Crippen LogP contribution is -2.46. The van der Waals surface area contributed by atoms with Crippen LogP contribution in [0.25, 0.3) is 0 Å². The maximum atomic E-state index is 11.8. The molecule has 0 aliphatic heterocycles. The monoisotopic (exact) mass is 279 g/mol. The number of benzene rings is 1. The minimum Gasteiger partial charge on any atom is -0.504 e. The van der Waals surface area contributed by atoms with Crippen LogP contribution in [0.1, 0.15) is 24.8 Å². The molecule has 1 aromatic rings. The molecular weight excluding hydrogens is 262 g/mol. The van der Waals surface area contributed by atoms with Gasteiger partial charge in [-0.3, -0.25) is 4.79 Å². The quantitative estimate of drug-likeness (QED) is 0.602. The van der Waals surface area contributed by atoms with Gasteiger partial charge >= 0.3 is 5.97 Å². The van der Waals surface area contributed by atoms with Gasteiger partial charge in [-0.1, -0.05) is 12.5 Å². The van der Waals surface area contributed by atoms with E-state index in [0.717, 1.165) is 19.3 Å². The van der Waals surface area contributed by atoms with Crippen molar-refractivity contribution in [3.05, 3.63) is 23.8 Å². The van der Waals surface area contributed by atoms with Crippen molar-refractivity contribution in [3.8, 4) is 11.5 Å². The molecule has 0 unspecified atom stereocenters. The Labute approximate surface area is 116 Å². The summed E-state index contributed by atoms with van der Waals surface area (Å²) in [6.07, 6.45) is 2.67. The Morgan fingerprint density at radius 1 is 1.25 bits per heavy atom. The van der Waals surface area contributed by atoms with E-state index >= 15 is 0 Å². The number of aromatic hydroxyl groups is 2. The predicted octanol–water partition coefficient (Wildman–Crippen LogP) is 1.01. The van der Waals surface area contributed by atoms with E-state index in [0.29, 0.717) is 5.56 Å². The van der Waals surface area contributed by atoms with E-state index in [1.54, 1.807) is 0 Å². The van der Waals surface area contributed by atoms with Gasteiger partial charge in [0.25, 0.3) is 0 Å². The number of carbonyl (C=O) groups excluding carboxylic acids is 1. The standard InChI is InChI=1S/C14H17NO5/c16-11-5-4-8(7-12(11)17)6-10(14(19)20)15-13(18)9-2-1-3-9/h4-5,7,9-10,16-17H,1-3,6H2,(H,15,18)(H,19,20)/t10-/m0/s1. The van der Waals surface area contributed by atoms with Crippen LogP contribution in [-0.2, 0) is 16.0 Å². The van der Waals surface area contributed by atoms with Crippen molar-refractivity contribution in [3.63, 3.8) is 0 Å². The molecule has 1 fully saturated rings. The molecule has 1 aromatic carbocycles. The second-order valence-corrected chi connectivity index (χ2v) is 5.05. The summed E-state index contributed by atoms with van der Waals surface area (Å²) in [6.45, 7) is 0. The Hall–Kier alpha value is -2.24. The first kappa shape index (κ1) is 14.2. The van der Waals surface area contributed by atoms with Crippen LogP contribution in [-0.4, -0.2) is 33.2 Å². The molecule has 0 bridgehead atoms. The van der Waals surface area contributed by atoms with Crippen molar-refractivity contribution in [1.82, 2.24) is 5.32 Å². The highest BCUT2D eigenvalue weighted by molar-refractivity contribution is 5.85. The first-order valence-electron chi connectivity index (χ1n) is 6.51. The molecule has 1 atom stereocenters. The van der Waals surface area contributed by atoms with Crippen LogP contribution < -0.4 is 5.32 Å². The zero-order chi connectivity index (χ0) is 14.7. The summed E-state index contributed by atoms with van der Waals surface area (Å²) in [5, 5.41) is 30.3. The van der Waals surface area contributed by atoms with Gasteiger partial charge in [0.15, 0.2) is 11.5 Å². The van der Waals surface area contributed by atoms with Gasteiger partial charge in [0.05, 0.1) is 0 Å². The van der Waals surface area contributed by atoms with Crippen molar-refractivity contribution >= 4 is 11.9 Å². The van der Waals surface area contributed by atoms with E-state index in [9.17, 15) is 19.8 Å². The third kappa shape index (κ3) is 3.20. The van der Waals surface area contributed by atoms with Crippen molar-refractivity contribution in [2.75, 3.05) is 0 Å². The summed E-state index contributed by atoms with van der Waals surface area (Å²) in [5.41, 5.74) is 0.529. The molecule has 0 heterocycles. The minimum atomic E-state index is -1.12. The van der Waals surface area contributed by atoms with Gasteiger partial charge in [-0.2, -0.15) is 0 Å². The first-order valence-corrected chi connectivity index (χ1v) is 6.51. The Kier molecular flexibility index (Phi) is 4.12. The van der Waals surface area contributed by atoms with Gasteiger partial charge in [-0.25, -0.2) is 4.79 Å². The molecule has 2 rings (SSSR count). The molecule has 108 valence electrons. The number of amides is 1. The van der Waals surface area contributed by atoms with Gasteiger partial charge in [0.1, 0.15) is 6.04 Å². The maximum Gasteiger partial charge on any atom is 0.326 e. The second kappa shape index (κ2) is 5.81. The van der Waals surface area contributed by atoms with Crippen molar-refractivity contribution in [2.45, 2.75) is 31.7 Å². The normalized spacial score (nSPS) is 16.2. The number of phenolic OH excluding ortho intramolecular Hbond substituents is 2. The lowest BCUT2D eigenvalue weighted by atomic mass is 9.84. The van der Waals surface area contributed by atoms with E-state index in [-0.39, 0.29) is 29.7 Å². The molecule has 0 aromatic heterocycles. The van der Waals surface area contributed by atoms with Crippen LogP contribution in [0.15, 0.2) is 18.2 Å². The number of hydrogen-bond acceptors (Lipinski definition) is 4. The summed E-state index contributed by atoms with van der Waals surface area (Å²) in [5.74, 6) is -2.00. The summed E-state index contributed by atoms with van der Waals surface area (Å²) in [4.78, 5) is 23.0. The van der Waals surface area contributed by atoms with E-state index in [1.165, 1.54) is 18.2 Å². The summed E-state index contributed by atoms with van der Waals surface area (Å²) in [6, 6.07) is 3.06. The van der Waals surface area contributed by atoms with E-state index in [1.807, 2.05) is 0 Å². The smallest absolute Gasteiger partial charge is 0.326 e. The summed E-state index contributed by atoms with van der Waals surface area (Å²) < 4.78 is 0. The summed E-state index contributed by atoms with van der Waals surface area (Å²) >= 11 is 0. The van der Waals surface area contributed by atoms with Crippen molar-refractivity contribution < 1.29 is 24.9 Å². The Balaban J connectivity index is 2.02. The van der Waals surface area contributed by atoms with Crippen molar-refractivity contribution in [2.24, 2.45) is 5.92 Å². The van der Waals surface area contributed by atoms with Crippen LogP contribution in [0, 0.1) is 5.92 Å². The van der Waals surface area contributed by atoms with Crippen LogP contribution in [0.4, 0.5) is 0 Å². The topological polar surface area (TPSA) is 107 Å². The highest BCUT2D eigenvalue weighted by Gasteiger charge is 2.29. The average molecular weight is 279 g/mol. The van der Waals surface area contributed by atoms with Crippen LogP contribution in [0.3, 0.4) is 0 Å².